The summed E-state index contributed by atoms with van der Waals surface area (Å²) < 4.78 is 77.5. The van der Waals surface area contributed by atoms with Gasteiger partial charge in [-0.1, -0.05) is 0 Å². The molecule has 3 saturated heterocycles. The quantitative estimate of drug-likeness (QED) is 0.222. The lowest BCUT2D eigenvalue weighted by atomic mass is 15.7. The highest BCUT2D eigenvalue weighted by Crippen LogP contribution is 1.81. The van der Waals surface area contributed by atoms with Gasteiger partial charge in [0.05, 0.1) is 0 Å². The summed E-state index contributed by atoms with van der Waals surface area (Å²) in [6.45, 7) is 0. The lowest BCUT2D eigenvalue weighted by Gasteiger charge is -2.10. The van der Waals surface area contributed by atoms with Gasteiger partial charge in [0.2, 0.25) is 0 Å². The Kier molecular flexibility index (Phi) is 28.5. The fourth-order valence-electron chi connectivity index (χ4n) is 1.39. The molecule has 180 valence electrons. The fraction of sp³-hybridized carbons (Fsp3) is 0. The van der Waals surface area contributed by atoms with Crippen molar-refractivity contribution in [2.75, 3.05) is 0 Å². The molecule has 0 aromatic carbocycles. The Morgan fingerprint density at radius 1 is 0.133 bits per heavy atom. The first kappa shape index (κ1) is 30.7. The lowest BCUT2D eigenvalue weighted by Crippen LogP contribution is -2.23. The van der Waals surface area contributed by atoms with E-state index in [1.165, 1.54) is 0 Å². The van der Waals surface area contributed by atoms with E-state index in [1.807, 2.05) is 0 Å². The number of hydrogen-bond donors (Lipinski definition) is 0. The lowest BCUT2D eigenvalue weighted by molar-refractivity contribution is 0.346. The molecule has 0 amide bonds. The van der Waals surface area contributed by atoms with Gasteiger partial charge >= 0.3 is 0 Å². The summed E-state index contributed by atoms with van der Waals surface area (Å²) in [4.78, 5) is 0. The van der Waals surface area contributed by atoms with Gasteiger partial charge in [0.15, 0.2) is 0 Å². The predicted molar refractivity (Wildman–Crippen MR) is 144 cm³/mol. The molecule has 0 radical (unpaired) electrons. The third-order valence-corrected chi connectivity index (χ3v) is 22.5. The van der Waals surface area contributed by atoms with Crippen molar-refractivity contribution in [2.45, 2.75) is 0 Å². The topological polar surface area (TPSA) is 138 Å². The second-order valence-electron chi connectivity index (χ2n) is 4.83. The van der Waals surface area contributed by atoms with Crippen LogP contribution >= 0.6 is 0 Å². The van der Waals surface area contributed by atoms with E-state index < -0.39 is 150 Å². The van der Waals surface area contributed by atoms with Crippen LogP contribution in [-0.4, -0.2) is 150 Å². The van der Waals surface area contributed by atoms with E-state index in [0.29, 0.717) is 0 Å². The second kappa shape index (κ2) is 27.9. The molecule has 0 spiro atoms. The molecule has 0 bridgehead atoms. The summed E-state index contributed by atoms with van der Waals surface area (Å²) in [7, 11) is -10.9. The van der Waals surface area contributed by atoms with Crippen molar-refractivity contribution in [1.29, 1.82) is 0 Å². The van der Waals surface area contributed by atoms with Gasteiger partial charge in [-0.2, -0.15) is 0 Å². The molecular formula is H30O15Si15. The molecule has 3 aliphatic heterocycles. The van der Waals surface area contributed by atoms with Gasteiger partial charge < -0.3 is 61.7 Å². The van der Waals surface area contributed by atoms with Crippen molar-refractivity contribution >= 4 is 150 Å². The van der Waals surface area contributed by atoms with Crippen LogP contribution in [0.1, 0.15) is 0 Å². The molecule has 0 saturated carbocycles. The van der Waals surface area contributed by atoms with Crippen LogP contribution in [0.2, 0.25) is 0 Å². The smallest absolute Gasteiger partial charge is 0.286 e. The zero-order valence-electron chi connectivity index (χ0n) is 16.7. The van der Waals surface area contributed by atoms with Crippen LogP contribution in [-0.2, 0) is 61.7 Å². The summed E-state index contributed by atoms with van der Waals surface area (Å²) in [5, 5.41) is 0. The minimum Gasteiger partial charge on any atom is -0.425 e. The minimum atomic E-state index is -0.724. The van der Waals surface area contributed by atoms with Crippen LogP contribution < -0.4 is 0 Å². The molecule has 30 heteroatoms. The first-order chi connectivity index (χ1) is 15.0. The van der Waals surface area contributed by atoms with Crippen LogP contribution in [0.15, 0.2) is 0 Å². The van der Waals surface area contributed by atoms with Crippen molar-refractivity contribution in [3.8, 4) is 0 Å². The van der Waals surface area contributed by atoms with Gasteiger partial charge in [0.1, 0.15) is 0 Å². The van der Waals surface area contributed by atoms with E-state index in [0.717, 1.165) is 0 Å². The van der Waals surface area contributed by atoms with Crippen LogP contribution in [0.3, 0.4) is 0 Å². The molecule has 3 rings (SSSR count). The summed E-state index contributed by atoms with van der Waals surface area (Å²) in [6, 6.07) is 0. The average Bonchev–Trinajstić information content (AvgIpc) is 2.81. The molecule has 0 aromatic rings. The highest BCUT2D eigenvalue weighted by Gasteiger charge is 1.99. The Morgan fingerprint density at radius 2 is 0.200 bits per heavy atom. The molecule has 30 heavy (non-hydrogen) atoms. The van der Waals surface area contributed by atoms with Gasteiger partial charge in [-0.3, -0.25) is 0 Å². The summed E-state index contributed by atoms with van der Waals surface area (Å²) in [6.07, 6.45) is 0. The van der Waals surface area contributed by atoms with E-state index in [1.54, 1.807) is 0 Å². The van der Waals surface area contributed by atoms with Gasteiger partial charge in [0.25, 0.3) is 150 Å². The highest BCUT2D eigenvalue weighted by molar-refractivity contribution is 6.52. The maximum absolute atomic E-state index is 5.17. The molecule has 0 aromatic heterocycles. The summed E-state index contributed by atoms with van der Waals surface area (Å²) in [5.41, 5.74) is 0. The SMILES string of the molecule is O1[SiH2]O[SiH2]O[SiH2]O[SiH2]O[SiH2]1.O1[SiH2]O[SiH2]O[SiH2]O[SiH2]O[SiH2]1.O1[SiH2]O[SiH2]O[SiH2]O[SiH2]O[SiH2]1. The Balaban J connectivity index is 0.000000225. The Labute approximate surface area is 210 Å². The zero-order valence-corrected chi connectivity index (χ0v) is 37.9. The van der Waals surface area contributed by atoms with Crippen LogP contribution in [0.4, 0.5) is 0 Å². The van der Waals surface area contributed by atoms with Crippen molar-refractivity contribution < 1.29 is 61.7 Å². The van der Waals surface area contributed by atoms with Crippen molar-refractivity contribution in [2.24, 2.45) is 0 Å². The molecule has 0 aliphatic carbocycles. The van der Waals surface area contributed by atoms with Gasteiger partial charge in [-0.25, -0.2) is 0 Å². The van der Waals surface area contributed by atoms with Crippen LogP contribution in [0, 0.1) is 0 Å². The van der Waals surface area contributed by atoms with Crippen molar-refractivity contribution in [3.63, 3.8) is 0 Å². The Bertz CT molecular complexity index is 177. The van der Waals surface area contributed by atoms with Gasteiger partial charge in [-0.05, 0) is 0 Å². The third kappa shape index (κ3) is 25.3. The number of rotatable bonds is 0. The first-order valence-electron chi connectivity index (χ1n) is 8.66. The number of hydrogen-bond acceptors (Lipinski definition) is 15. The Hall–Kier alpha value is 2.65. The van der Waals surface area contributed by atoms with Crippen LogP contribution in [0.5, 0.6) is 0 Å². The predicted octanol–water partition coefficient (Wildman–Crippen LogP) is -14.8. The Morgan fingerprint density at radius 3 is 0.267 bits per heavy atom. The molecule has 3 fully saturated rings. The molecule has 0 atom stereocenters. The molecule has 0 unspecified atom stereocenters. The highest BCUT2D eigenvalue weighted by atomic mass is 28.4. The molecule has 0 N–H and O–H groups in total. The monoisotopic (exact) mass is 690 g/mol. The summed E-state index contributed by atoms with van der Waals surface area (Å²) in [5.74, 6) is 0. The average molecular weight is 692 g/mol. The maximum Gasteiger partial charge on any atom is 0.286 e. The van der Waals surface area contributed by atoms with Gasteiger partial charge in [-0.15, -0.1) is 0 Å². The second-order valence-corrected chi connectivity index (χ2v) is 32.9. The van der Waals surface area contributed by atoms with Crippen LogP contribution in [0.25, 0.3) is 0 Å². The third-order valence-electron chi connectivity index (χ3n) is 2.50. The molecule has 3 aliphatic rings. The van der Waals surface area contributed by atoms with Crippen molar-refractivity contribution in [1.82, 2.24) is 0 Å². The molecular weight excluding hydrogens is 661 g/mol. The molecule has 15 nitrogen and oxygen atoms in total. The van der Waals surface area contributed by atoms with Crippen molar-refractivity contribution in [3.05, 3.63) is 0 Å². The molecule has 3 heterocycles. The zero-order chi connectivity index (χ0) is 21.2. The van der Waals surface area contributed by atoms with E-state index in [4.69, 9.17) is 61.7 Å². The fourth-order valence-corrected chi connectivity index (χ4v) is 28.5. The van der Waals surface area contributed by atoms with E-state index >= 15 is 0 Å². The van der Waals surface area contributed by atoms with E-state index in [2.05, 4.69) is 0 Å². The summed E-state index contributed by atoms with van der Waals surface area (Å²) >= 11 is 0. The van der Waals surface area contributed by atoms with E-state index in [9.17, 15) is 0 Å². The standard InChI is InChI=1S/3H10O5Si5/c3*1-6-2-8-4-10-5-9-3-7-1/h3*6-10H2. The van der Waals surface area contributed by atoms with Gasteiger partial charge in [0, 0.05) is 0 Å². The minimum absolute atomic E-state index is 0.724. The largest absolute Gasteiger partial charge is 0.425 e. The normalized spacial score (nSPS) is 36.0. The maximum atomic E-state index is 5.17. The van der Waals surface area contributed by atoms with E-state index in [-0.39, 0.29) is 0 Å². The first-order valence-corrected chi connectivity index (χ1v) is 26.0.